The van der Waals surface area contributed by atoms with Gasteiger partial charge >= 0.3 is 6.01 Å². The molecule has 0 aliphatic heterocycles. The maximum atomic E-state index is 12.2. The largest absolute Gasteiger partial charge is 0.407 e. The topological polar surface area (TPSA) is 85.1 Å². The van der Waals surface area contributed by atoms with Gasteiger partial charge in [0.05, 0.1) is 6.42 Å². The number of rotatable bonds is 6. The second-order valence-electron chi connectivity index (χ2n) is 5.94. The van der Waals surface area contributed by atoms with Crippen LogP contribution in [0.4, 0.5) is 6.01 Å². The fourth-order valence-electron chi connectivity index (χ4n) is 2.47. The third-order valence-corrected chi connectivity index (χ3v) is 4.03. The summed E-state index contributed by atoms with van der Waals surface area (Å²) in [5, 5.41) is 10.4. The van der Waals surface area contributed by atoms with Crippen molar-refractivity contribution in [3.8, 4) is 0 Å². The third kappa shape index (κ3) is 4.22. The number of aryl methyl sites for hydroxylation is 1. The number of hydrogen-bond donors (Lipinski definition) is 1. The van der Waals surface area contributed by atoms with E-state index in [-0.39, 0.29) is 17.7 Å². The minimum atomic E-state index is -0.373. The highest BCUT2D eigenvalue weighted by Gasteiger charge is 2.12. The number of hydrogen-bond acceptors (Lipinski definition) is 5. The Morgan fingerprint density at radius 2 is 1.54 bits per heavy atom. The van der Waals surface area contributed by atoms with Gasteiger partial charge in [-0.1, -0.05) is 48.4 Å². The molecule has 1 aromatic heterocycles. The number of carbonyl (C=O) groups is 2. The van der Waals surface area contributed by atoms with Gasteiger partial charge in [-0.15, -0.1) is 5.10 Å². The van der Waals surface area contributed by atoms with E-state index in [2.05, 4.69) is 34.6 Å². The molecular formula is C20H19N3O3. The monoisotopic (exact) mass is 349 g/mol. The van der Waals surface area contributed by atoms with Gasteiger partial charge in [0.2, 0.25) is 5.89 Å². The molecule has 2 aromatic carbocycles. The van der Waals surface area contributed by atoms with Crippen LogP contribution < -0.4 is 5.32 Å². The Labute approximate surface area is 151 Å². The highest BCUT2D eigenvalue weighted by atomic mass is 16.4. The molecule has 0 aliphatic carbocycles. The predicted molar refractivity (Wildman–Crippen MR) is 97.3 cm³/mol. The highest BCUT2D eigenvalue weighted by molar-refractivity contribution is 6.04. The van der Waals surface area contributed by atoms with Crippen LogP contribution in [0.25, 0.3) is 0 Å². The second-order valence-corrected chi connectivity index (χ2v) is 5.94. The Kier molecular flexibility index (Phi) is 5.22. The SMILES string of the molecule is CCc1ccc(Cc2nnc(NC(=O)c3ccc(C(C)=O)cc3)o2)cc1. The highest BCUT2D eigenvalue weighted by Crippen LogP contribution is 2.14. The molecule has 0 radical (unpaired) electrons. The summed E-state index contributed by atoms with van der Waals surface area (Å²) in [5.41, 5.74) is 3.28. The van der Waals surface area contributed by atoms with Crippen LogP contribution in [0.2, 0.25) is 0 Å². The Hall–Kier alpha value is -3.28. The van der Waals surface area contributed by atoms with Crippen molar-refractivity contribution < 1.29 is 14.0 Å². The number of nitrogens with zero attached hydrogens (tertiary/aromatic N) is 2. The summed E-state index contributed by atoms with van der Waals surface area (Å²) in [5.74, 6) is 0.00421. The molecule has 1 heterocycles. The van der Waals surface area contributed by atoms with E-state index in [1.807, 2.05) is 12.1 Å². The van der Waals surface area contributed by atoms with Crippen LogP contribution in [-0.2, 0) is 12.8 Å². The Morgan fingerprint density at radius 3 is 2.15 bits per heavy atom. The quantitative estimate of drug-likeness (QED) is 0.686. The maximum Gasteiger partial charge on any atom is 0.322 e. The van der Waals surface area contributed by atoms with Crippen LogP contribution in [0.3, 0.4) is 0 Å². The fraction of sp³-hybridized carbons (Fsp3) is 0.200. The average molecular weight is 349 g/mol. The summed E-state index contributed by atoms with van der Waals surface area (Å²) in [6.45, 7) is 3.58. The molecule has 0 saturated heterocycles. The van der Waals surface area contributed by atoms with Crippen molar-refractivity contribution in [2.45, 2.75) is 26.7 Å². The molecular weight excluding hydrogens is 330 g/mol. The zero-order valence-corrected chi connectivity index (χ0v) is 14.7. The van der Waals surface area contributed by atoms with Crippen molar-refractivity contribution in [3.05, 3.63) is 76.7 Å². The molecule has 26 heavy (non-hydrogen) atoms. The van der Waals surface area contributed by atoms with Gasteiger partial charge in [0, 0.05) is 11.1 Å². The lowest BCUT2D eigenvalue weighted by atomic mass is 10.1. The van der Waals surface area contributed by atoms with E-state index in [9.17, 15) is 9.59 Å². The summed E-state index contributed by atoms with van der Waals surface area (Å²) < 4.78 is 5.49. The minimum Gasteiger partial charge on any atom is -0.407 e. The standard InChI is InChI=1S/C20H19N3O3/c1-3-14-4-6-15(7-5-14)12-18-22-23-20(26-18)21-19(25)17-10-8-16(9-11-17)13(2)24/h4-11H,3,12H2,1-2H3,(H,21,23,25). The first-order chi connectivity index (χ1) is 12.5. The number of nitrogens with one attached hydrogen (secondary N) is 1. The number of carbonyl (C=O) groups excluding carboxylic acids is 2. The molecule has 1 N–H and O–H groups in total. The van der Waals surface area contributed by atoms with E-state index >= 15 is 0 Å². The van der Waals surface area contributed by atoms with Crippen molar-refractivity contribution in [1.29, 1.82) is 0 Å². The van der Waals surface area contributed by atoms with Gasteiger partial charge in [-0.3, -0.25) is 14.9 Å². The van der Waals surface area contributed by atoms with Crippen molar-refractivity contribution in [1.82, 2.24) is 10.2 Å². The number of benzene rings is 2. The van der Waals surface area contributed by atoms with Gasteiger partial charge in [0.25, 0.3) is 5.91 Å². The van der Waals surface area contributed by atoms with Gasteiger partial charge in [0.15, 0.2) is 5.78 Å². The molecule has 0 spiro atoms. The molecule has 0 unspecified atom stereocenters. The van der Waals surface area contributed by atoms with E-state index < -0.39 is 0 Å². The zero-order chi connectivity index (χ0) is 18.5. The third-order valence-electron chi connectivity index (χ3n) is 4.03. The van der Waals surface area contributed by atoms with E-state index in [1.54, 1.807) is 24.3 Å². The van der Waals surface area contributed by atoms with Crippen LogP contribution in [0, 0.1) is 0 Å². The van der Waals surface area contributed by atoms with Crippen molar-refractivity contribution in [2.75, 3.05) is 5.32 Å². The maximum absolute atomic E-state index is 12.2. The molecule has 0 bridgehead atoms. The predicted octanol–water partition coefficient (Wildman–Crippen LogP) is 3.68. The molecule has 6 nitrogen and oxygen atoms in total. The van der Waals surface area contributed by atoms with Gasteiger partial charge in [0.1, 0.15) is 0 Å². The van der Waals surface area contributed by atoms with E-state index in [0.717, 1.165) is 12.0 Å². The first-order valence-electron chi connectivity index (χ1n) is 8.37. The molecule has 0 saturated carbocycles. The summed E-state index contributed by atoms with van der Waals surface area (Å²) in [6.07, 6.45) is 1.49. The number of ketones is 1. The lowest BCUT2D eigenvalue weighted by molar-refractivity contribution is 0.100. The zero-order valence-electron chi connectivity index (χ0n) is 14.7. The van der Waals surface area contributed by atoms with Crippen LogP contribution in [0.1, 0.15) is 51.6 Å². The van der Waals surface area contributed by atoms with Gasteiger partial charge in [-0.05, 0) is 36.6 Å². The Bertz CT molecular complexity index is 912. The molecule has 132 valence electrons. The van der Waals surface area contributed by atoms with Crippen LogP contribution in [0.5, 0.6) is 0 Å². The number of anilines is 1. The molecule has 0 atom stereocenters. The normalized spacial score (nSPS) is 10.5. The summed E-state index contributed by atoms with van der Waals surface area (Å²) in [6, 6.07) is 14.6. The van der Waals surface area contributed by atoms with Gasteiger partial charge in [-0.25, -0.2) is 0 Å². The lowest BCUT2D eigenvalue weighted by Gasteiger charge is -2.02. The summed E-state index contributed by atoms with van der Waals surface area (Å²) >= 11 is 0. The van der Waals surface area contributed by atoms with Crippen LogP contribution in [0.15, 0.2) is 52.9 Å². The smallest absolute Gasteiger partial charge is 0.322 e. The van der Waals surface area contributed by atoms with Gasteiger partial charge in [-0.2, -0.15) is 0 Å². The fourth-order valence-corrected chi connectivity index (χ4v) is 2.47. The molecule has 3 rings (SSSR count). The van der Waals surface area contributed by atoms with Crippen molar-refractivity contribution >= 4 is 17.7 Å². The van der Waals surface area contributed by atoms with E-state index in [1.165, 1.54) is 12.5 Å². The van der Waals surface area contributed by atoms with Crippen LogP contribution in [-0.4, -0.2) is 21.9 Å². The van der Waals surface area contributed by atoms with Gasteiger partial charge < -0.3 is 4.42 Å². The second kappa shape index (κ2) is 7.74. The number of aromatic nitrogens is 2. The molecule has 6 heteroatoms. The molecule has 3 aromatic rings. The summed E-state index contributed by atoms with van der Waals surface area (Å²) in [7, 11) is 0. The van der Waals surface area contributed by atoms with E-state index in [4.69, 9.17) is 4.42 Å². The molecule has 0 fully saturated rings. The van der Waals surface area contributed by atoms with Crippen LogP contribution >= 0.6 is 0 Å². The Balaban J connectivity index is 1.63. The average Bonchev–Trinajstić information content (AvgIpc) is 3.09. The molecule has 0 aliphatic rings. The summed E-state index contributed by atoms with van der Waals surface area (Å²) in [4.78, 5) is 23.5. The van der Waals surface area contributed by atoms with Crippen molar-refractivity contribution in [2.24, 2.45) is 0 Å². The Morgan fingerprint density at radius 1 is 0.923 bits per heavy atom. The first-order valence-corrected chi connectivity index (χ1v) is 8.37. The number of Topliss-reactive ketones (excluding diaryl/α,β-unsaturated/α-hetero) is 1. The minimum absolute atomic E-state index is 0.0471. The number of amides is 1. The van der Waals surface area contributed by atoms with E-state index in [0.29, 0.717) is 23.4 Å². The molecule has 1 amide bonds. The van der Waals surface area contributed by atoms with Crippen molar-refractivity contribution in [3.63, 3.8) is 0 Å². The first kappa shape index (κ1) is 17.5. The lowest BCUT2D eigenvalue weighted by Crippen LogP contribution is -2.12.